The number of carbonyl (C=O) groups excluding carboxylic acids is 1. The molecule has 0 bridgehead atoms. The van der Waals surface area contributed by atoms with E-state index in [4.69, 9.17) is 4.74 Å². The molecular weight excluding hydrogens is 350 g/mol. The van der Waals surface area contributed by atoms with Crippen molar-refractivity contribution in [2.45, 2.75) is 44.6 Å². The summed E-state index contributed by atoms with van der Waals surface area (Å²) in [7, 11) is 2.17. The van der Waals surface area contributed by atoms with Crippen molar-refractivity contribution >= 4 is 6.03 Å². The number of rotatable bonds is 6. The Labute approximate surface area is 168 Å². The number of hydrogen-bond acceptors (Lipinski definition) is 3. The van der Waals surface area contributed by atoms with Crippen LogP contribution in [0.4, 0.5) is 4.79 Å². The van der Waals surface area contributed by atoms with Crippen molar-refractivity contribution in [3.63, 3.8) is 0 Å². The summed E-state index contributed by atoms with van der Waals surface area (Å²) in [6.07, 6.45) is 7.20. The van der Waals surface area contributed by atoms with Gasteiger partial charge in [-0.25, -0.2) is 4.79 Å². The van der Waals surface area contributed by atoms with E-state index in [0.29, 0.717) is 17.4 Å². The van der Waals surface area contributed by atoms with E-state index in [1.165, 1.54) is 24.8 Å². The number of ether oxygens (including phenoxy) is 1. The Morgan fingerprint density at radius 2 is 1.89 bits per heavy atom. The second-order valence-corrected chi connectivity index (χ2v) is 9.69. The molecule has 0 aromatic heterocycles. The number of nitrogens with zero attached hydrogens (tertiary/aromatic N) is 2. The predicted molar refractivity (Wildman–Crippen MR) is 110 cm³/mol. The molecule has 2 saturated heterocycles. The molecule has 2 unspecified atom stereocenters. The van der Waals surface area contributed by atoms with E-state index in [-0.39, 0.29) is 6.03 Å². The maximum atomic E-state index is 12.5. The van der Waals surface area contributed by atoms with Gasteiger partial charge in [0.25, 0.3) is 0 Å². The second kappa shape index (κ2) is 7.25. The summed E-state index contributed by atoms with van der Waals surface area (Å²) in [6, 6.07) is 9.27. The van der Waals surface area contributed by atoms with Crippen LogP contribution in [-0.2, 0) is 6.42 Å². The average Bonchev–Trinajstić information content (AvgIpc) is 3.63. The van der Waals surface area contributed by atoms with Crippen molar-refractivity contribution in [2.24, 2.45) is 17.3 Å². The lowest BCUT2D eigenvalue weighted by atomic mass is 9.94. The first kappa shape index (κ1) is 18.3. The van der Waals surface area contributed by atoms with Gasteiger partial charge in [0.2, 0.25) is 0 Å². The van der Waals surface area contributed by atoms with Crippen LogP contribution in [0, 0.1) is 17.3 Å². The van der Waals surface area contributed by atoms with Crippen LogP contribution >= 0.6 is 0 Å². The molecule has 5 rings (SSSR count). The molecule has 2 saturated carbocycles. The van der Waals surface area contributed by atoms with Crippen LogP contribution < -0.4 is 10.1 Å². The van der Waals surface area contributed by atoms with Gasteiger partial charge in [-0.1, -0.05) is 12.1 Å². The molecule has 2 atom stereocenters. The summed E-state index contributed by atoms with van der Waals surface area (Å²) in [4.78, 5) is 17.0. The molecule has 1 N–H and O–H groups in total. The van der Waals surface area contributed by atoms with E-state index in [9.17, 15) is 4.79 Å². The van der Waals surface area contributed by atoms with Crippen molar-refractivity contribution < 1.29 is 9.53 Å². The lowest BCUT2D eigenvalue weighted by molar-refractivity contribution is 0.0958. The minimum Gasteiger partial charge on any atom is -0.493 e. The van der Waals surface area contributed by atoms with Gasteiger partial charge >= 0.3 is 6.03 Å². The molecule has 0 radical (unpaired) electrons. The zero-order chi connectivity index (χ0) is 19.1. The summed E-state index contributed by atoms with van der Waals surface area (Å²) in [5.74, 6) is 2.47. The lowest BCUT2D eigenvalue weighted by Crippen LogP contribution is -2.58. The third-order valence-corrected chi connectivity index (χ3v) is 7.41. The van der Waals surface area contributed by atoms with E-state index < -0.39 is 0 Å². The molecule has 1 spiro atoms. The third-order valence-electron chi connectivity index (χ3n) is 7.41. The van der Waals surface area contributed by atoms with E-state index in [0.717, 1.165) is 63.7 Å². The fraction of sp³-hybridized carbons (Fsp3) is 0.696. The Morgan fingerprint density at radius 3 is 2.61 bits per heavy atom. The monoisotopic (exact) mass is 383 g/mol. The number of carbonyl (C=O) groups is 1. The van der Waals surface area contributed by atoms with E-state index in [2.05, 4.69) is 46.4 Å². The molecular formula is C23H33N3O2. The first-order valence-corrected chi connectivity index (χ1v) is 11.1. The van der Waals surface area contributed by atoms with E-state index in [1.54, 1.807) is 0 Å². The molecule has 5 nitrogen and oxygen atoms in total. The molecule has 1 aromatic carbocycles. The van der Waals surface area contributed by atoms with Crippen molar-refractivity contribution in [2.75, 3.05) is 39.8 Å². The second-order valence-electron chi connectivity index (χ2n) is 9.69. The standard InChI is InChI=1S/C23H33N3O2/c1-25-10-8-20(9-11-25)26-16-23(15-24-22(26)27)13-19(23)12-17-4-6-21(7-5-17)28-14-18-2-3-18/h4-7,18-20H,2-3,8-16H2,1H3,(H,24,27). The molecule has 4 fully saturated rings. The summed E-state index contributed by atoms with van der Waals surface area (Å²) in [5, 5.41) is 3.20. The lowest BCUT2D eigenvalue weighted by Gasteiger charge is -2.42. The molecule has 2 amide bonds. The number of amides is 2. The Bertz CT molecular complexity index is 709. The Morgan fingerprint density at radius 1 is 1.14 bits per heavy atom. The van der Waals surface area contributed by atoms with Crippen LogP contribution in [0.15, 0.2) is 24.3 Å². The van der Waals surface area contributed by atoms with Crippen molar-refractivity contribution in [3.05, 3.63) is 29.8 Å². The SMILES string of the molecule is CN1CCC(N2CC3(CNC2=O)CC3Cc2ccc(OCC3CC3)cc2)CC1. The molecule has 1 aromatic rings. The van der Waals surface area contributed by atoms with Crippen LogP contribution in [0.1, 0.15) is 37.7 Å². The molecule has 5 heteroatoms. The zero-order valence-corrected chi connectivity index (χ0v) is 17.0. The summed E-state index contributed by atoms with van der Waals surface area (Å²) in [6.45, 7) is 4.86. The van der Waals surface area contributed by atoms with Gasteiger partial charge in [0.1, 0.15) is 5.75 Å². The molecule has 2 aliphatic heterocycles. The topological polar surface area (TPSA) is 44.8 Å². The number of likely N-dealkylation sites (tertiary alicyclic amines) is 1. The minimum atomic E-state index is 0.156. The van der Waals surface area contributed by atoms with Crippen LogP contribution in [-0.4, -0.2) is 61.7 Å². The van der Waals surface area contributed by atoms with Crippen molar-refractivity contribution in [1.82, 2.24) is 15.1 Å². The fourth-order valence-electron chi connectivity index (χ4n) is 5.06. The quantitative estimate of drug-likeness (QED) is 0.821. The first-order valence-electron chi connectivity index (χ1n) is 11.1. The summed E-state index contributed by atoms with van der Waals surface area (Å²) < 4.78 is 5.86. The van der Waals surface area contributed by atoms with Gasteiger partial charge < -0.3 is 19.9 Å². The van der Waals surface area contributed by atoms with Crippen LogP contribution in [0.3, 0.4) is 0 Å². The highest BCUT2D eigenvalue weighted by molar-refractivity contribution is 5.76. The molecule has 4 aliphatic rings. The third kappa shape index (κ3) is 3.86. The largest absolute Gasteiger partial charge is 0.493 e. The van der Waals surface area contributed by atoms with E-state index >= 15 is 0 Å². The average molecular weight is 384 g/mol. The van der Waals surface area contributed by atoms with Gasteiger partial charge in [-0.2, -0.15) is 0 Å². The fourth-order valence-corrected chi connectivity index (χ4v) is 5.06. The van der Waals surface area contributed by atoms with Crippen LogP contribution in [0.2, 0.25) is 0 Å². The van der Waals surface area contributed by atoms with Crippen LogP contribution in [0.25, 0.3) is 0 Å². The Balaban J connectivity index is 1.16. The highest BCUT2D eigenvalue weighted by Crippen LogP contribution is 2.55. The van der Waals surface area contributed by atoms with Crippen molar-refractivity contribution in [3.8, 4) is 5.75 Å². The molecule has 2 aliphatic carbocycles. The van der Waals surface area contributed by atoms with Crippen LogP contribution in [0.5, 0.6) is 5.75 Å². The minimum absolute atomic E-state index is 0.156. The van der Waals surface area contributed by atoms with E-state index in [1.807, 2.05) is 0 Å². The predicted octanol–water partition coefficient (Wildman–Crippen LogP) is 3.14. The first-order chi connectivity index (χ1) is 13.6. The number of urea groups is 1. The number of hydrogen-bond donors (Lipinski definition) is 1. The highest BCUT2D eigenvalue weighted by atomic mass is 16.5. The molecule has 28 heavy (non-hydrogen) atoms. The smallest absolute Gasteiger partial charge is 0.317 e. The van der Waals surface area contributed by atoms with Gasteiger partial charge in [-0.3, -0.25) is 0 Å². The molecule has 152 valence electrons. The Kier molecular flexibility index (Phi) is 4.74. The summed E-state index contributed by atoms with van der Waals surface area (Å²) >= 11 is 0. The summed E-state index contributed by atoms with van der Waals surface area (Å²) in [5.41, 5.74) is 1.68. The normalized spacial score (nSPS) is 31.1. The number of benzene rings is 1. The van der Waals surface area contributed by atoms with Gasteiger partial charge in [-0.15, -0.1) is 0 Å². The van der Waals surface area contributed by atoms with Gasteiger partial charge in [-0.05, 0) is 88.2 Å². The van der Waals surface area contributed by atoms with Gasteiger partial charge in [0.05, 0.1) is 6.61 Å². The van der Waals surface area contributed by atoms with Gasteiger partial charge in [0.15, 0.2) is 0 Å². The maximum Gasteiger partial charge on any atom is 0.317 e. The number of piperidine rings is 1. The Hall–Kier alpha value is -1.75. The maximum absolute atomic E-state index is 12.5. The highest BCUT2D eigenvalue weighted by Gasteiger charge is 2.57. The van der Waals surface area contributed by atoms with Crippen molar-refractivity contribution in [1.29, 1.82) is 0 Å². The van der Waals surface area contributed by atoms with Gasteiger partial charge in [0, 0.05) is 24.5 Å². The number of nitrogens with one attached hydrogen (secondary N) is 1. The molecule has 2 heterocycles. The zero-order valence-electron chi connectivity index (χ0n) is 17.0.